The molecule has 0 bridgehead atoms. The van der Waals surface area contributed by atoms with Crippen molar-refractivity contribution in [2.24, 2.45) is 17.4 Å². The third-order valence-electron chi connectivity index (χ3n) is 3.51. The SMILES string of the molecule is CC1CCC(CN)CN1c1ccc(C(N)=O)nn1. The summed E-state index contributed by atoms with van der Waals surface area (Å²) >= 11 is 0. The van der Waals surface area contributed by atoms with E-state index in [0.717, 1.165) is 25.2 Å². The molecule has 1 saturated heterocycles. The topological polar surface area (TPSA) is 98.1 Å². The molecule has 4 N–H and O–H groups in total. The van der Waals surface area contributed by atoms with Crippen molar-refractivity contribution in [3.05, 3.63) is 17.8 Å². The van der Waals surface area contributed by atoms with Crippen LogP contribution in [-0.2, 0) is 0 Å². The number of nitrogens with two attached hydrogens (primary N) is 2. The molecule has 1 aromatic heterocycles. The van der Waals surface area contributed by atoms with Crippen LogP contribution < -0.4 is 16.4 Å². The fourth-order valence-electron chi connectivity index (χ4n) is 2.30. The van der Waals surface area contributed by atoms with Gasteiger partial charge in [0.05, 0.1) is 0 Å². The quantitative estimate of drug-likeness (QED) is 0.794. The molecule has 6 heteroatoms. The number of nitrogens with zero attached hydrogens (tertiary/aromatic N) is 3. The third-order valence-corrected chi connectivity index (χ3v) is 3.51. The first-order chi connectivity index (χ1) is 8.61. The molecule has 0 aliphatic carbocycles. The predicted molar refractivity (Wildman–Crippen MR) is 69.1 cm³/mol. The van der Waals surface area contributed by atoms with E-state index >= 15 is 0 Å². The first-order valence-electron chi connectivity index (χ1n) is 6.22. The molecule has 0 saturated carbocycles. The van der Waals surface area contributed by atoms with Crippen molar-refractivity contribution in [1.82, 2.24) is 10.2 Å². The van der Waals surface area contributed by atoms with Crippen LogP contribution in [0, 0.1) is 5.92 Å². The van der Waals surface area contributed by atoms with Gasteiger partial charge in [-0.2, -0.15) is 0 Å². The molecule has 1 aromatic rings. The van der Waals surface area contributed by atoms with Crippen molar-refractivity contribution in [2.45, 2.75) is 25.8 Å². The number of amides is 1. The number of anilines is 1. The van der Waals surface area contributed by atoms with E-state index in [9.17, 15) is 4.79 Å². The fraction of sp³-hybridized carbons (Fsp3) is 0.583. The number of hydrogen-bond donors (Lipinski definition) is 2. The maximum Gasteiger partial charge on any atom is 0.269 e. The normalized spacial score (nSPS) is 24.0. The van der Waals surface area contributed by atoms with Crippen molar-refractivity contribution in [3.63, 3.8) is 0 Å². The van der Waals surface area contributed by atoms with Crippen LogP contribution in [0.1, 0.15) is 30.3 Å². The van der Waals surface area contributed by atoms with E-state index in [1.807, 2.05) is 0 Å². The molecule has 0 aromatic carbocycles. The lowest BCUT2D eigenvalue weighted by Crippen LogP contribution is -2.44. The standard InChI is InChI=1S/C12H19N5O/c1-8-2-3-9(6-13)7-17(8)11-5-4-10(12(14)18)15-16-11/h4-5,8-9H,2-3,6-7,13H2,1H3,(H2,14,18). The number of aromatic nitrogens is 2. The Morgan fingerprint density at radius 2 is 2.22 bits per heavy atom. The van der Waals surface area contributed by atoms with Crippen molar-refractivity contribution >= 4 is 11.7 Å². The zero-order chi connectivity index (χ0) is 13.1. The second-order valence-corrected chi connectivity index (χ2v) is 4.82. The Labute approximate surface area is 106 Å². The van der Waals surface area contributed by atoms with Gasteiger partial charge in [-0.05, 0) is 44.4 Å². The van der Waals surface area contributed by atoms with E-state index in [4.69, 9.17) is 11.5 Å². The second kappa shape index (κ2) is 5.30. The van der Waals surface area contributed by atoms with Gasteiger partial charge in [-0.3, -0.25) is 4.79 Å². The number of carbonyl (C=O) groups is 1. The molecule has 18 heavy (non-hydrogen) atoms. The van der Waals surface area contributed by atoms with Crippen LogP contribution in [0.25, 0.3) is 0 Å². The van der Waals surface area contributed by atoms with Crippen LogP contribution in [0.4, 0.5) is 5.82 Å². The van der Waals surface area contributed by atoms with Gasteiger partial charge in [-0.15, -0.1) is 10.2 Å². The van der Waals surface area contributed by atoms with Crippen molar-refractivity contribution in [2.75, 3.05) is 18.0 Å². The minimum Gasteiger partial charge on any atom is -0.364 e. The second-order valence-electron chi connectivity index (χ2n) is 4.82. The molecule has 2 atom stereocenters. The van der Waals surface area contributed by atoms with Crippen LogP contribution >= 0.6 is 0 Å². The van der Waals surface area contributed by atoms with E-state index in [-0.39, 0.29) is 5.69 Å². The Kier molecular flexibility index (Phi) is 3.76. The Morgan fingerprint density at radius 1 is 1.44 bits per heavy atom. The number of primary amides is 1. The largest absolute Gasteiger partial charge is 0.364 e. The van der Waals surface area contributed by atoms with Crippen molar-refractivity contribution < 1.29 is 4.79 Å². The number of piperidine rings is 1. The summed E-state index contributed by atoms with van der Waals surface area (Å²) in [6, 6.07) is 3.83. The minimum atomic E-state index is -0.555. The summed E-state index contributed by atoms with van der Waals surface area (Å²) in [5.74, 6) is 0.727. The minimum absolute atomic E-state index is 0.193. The zero-order valence-electron chi connectivity index (χ0n) is 10.5. The highest BCUT2D eigenvalue weighted by Crippen LogP contribution is 2.25. The molecule has 1 aliphatic heterocycles. The maximum atomic E-state index is 10.9. The molecule has 1 aliphatic rings. The van der Waals surface area contributed by atoms with E-state index in [1.54, 1.807) is 12.1 Å². The molecule has 2 unspecified atom stereocenters. The van der Waals surface area contributed by atoms with Gasteiger partial charge in [0.2, 0.25) is 0 Å². The summed E-state index contributed by atoms with van der Waals surface area (Å²) in [7, 11) is 0. The molecule has 2 rings (SSSR count). The summed E-state index contributed by atoms with van der Waals surface area (Å²) in [6.45, 7) is 3.74. The molecular formula is C12H19N5O. The number of rotatable bonds is 3. The average Bonchev–Trinajstić information content (AvgIpc) is 2.39. The highest BCUT2D eigenvalue weighted by Gasteiger charge is 2.25. The lowest BCUT2D eigenvalue weighted by molar-refractivity contribution is 0.0994. The van der Waals surface area contributed by atoms with Crippen LogP contribution in [0.15, 0.2) is 12.1 Å². The molecule has 6 nitrogen and oxygen atoms in total. The molecule has 2 heterocycles. The average molecular weight is 249 g/mol. The van der Waals surface area contributed by atoms with Gasteiger partial charge in [0.1, 0.15) is 0 Å². The van der Waals surface area contributed by atoms with Crippen LogP contribution in [-0.4, -0.2) is 35.2 Å². The van der Waals surface area contributed by atoms with Gasteiger partial charge in [-0.25, -0.2) is 0 Å². The van der Waals surface area contributed by atoms with Crippen LogP contribution in [0.5, 0.6) is 0 Å². The van der Waals surface area contributed by atoms with Crippen LogP contribution in [0.3, 0.4) is 0 Å². The molecular weight excluding hydrogens is 230 g/mol. The van der Waals surface area contributed by atoms with Gasteiger partial charge in [0.15, 0.2) is 11.5 Å². The van der Waals surface area contributed by atoms with Gasteiger partial charge in [-0.1, -0.05) is 0 Å². The number of carbonyl (C=O) groups excluding carboxylic acids is 1. The lowest BCUT2D eigenvalue weighted by atomic mass is 9.93. The Balaban J connectivity index is 2.16. The molecule has 1 amide bonds. The lowest BCUT2D eigenvalue weighted by Gasteiger charge is -2.38. The smallest absolute Gasteiger partial charge is 0.269 e. The van der Waals surface area contributed by atoms with Crippen molar-refractivity contribution in [1.29, 1.82) is 0 Å². The van der Waals surface area contributed by atoms with Crippen molar-refractivity contribution in [3.8, 4) is 0 Å². The summed E-state index contributed by atoms with van der Waals surface area (Å²) in [5, 5.41) is 7.92. The molecule has 0 spiro atoms. The van der Waals surface area contributed by atoms with Crippen LogP contribution in [0.2, 0.25) is 0 Å². The first kappa shape index (κ1) is 12.8. The van der Waals surface area contributed by atoms with E-state index in [1.165, 1.54) is 0 Å². The third kappa shape index (κ3) is 2.59. The fourth-order valence-corrected chi connectivity index (χ4v) is 2.30. The summed E-state index contributed by atoms with van der Waals surface area (Å²) in [4.78, 5) is 13.1. The number of hydrogen-bond acceptors (Lipinski definition) is 5. The molecule has 98 valence electrons. The zero-order valence-corrected chi connectivity index (χ0v) is 10.5. The van der Waals surface area contributed by atoms with E-state index in [2.05, 4.69) is 22.0 Å². The predicted octanol–water partition coefficient (Wildman–Crippen LogP) is 0.139. The van der Waals surface area contributed by atoms with Gasteiger partial charge in [0.25, 0.3) is 5.91 Å². The summed E-state index contributed by atoms with van der Waals surface area (Å²) in [6.07, 6.45) is 2.25. The highest BCUT2D eigenvalue weighted by molar-refractivity contribution is 5.90. The Hall–Kier alpha value is -1.69. The monoisotopic (exact) mass is 249 g/mol. The van der Waals surface area contributed by atoms with Gasteiger partial charge in [0, 0.05) is 12.6 Å². The van der Waals surface area contributed by atoms with E-state index in [0.29, 0.717) is 18.5 Å². The summed E-state index contributed by atoms with van der Waals surface area (Å²) in [5.41, 5.74) is 11.1. The molecule has 1 fully saturated rings. The first-order valence-corrected chi connectivity index (χ1v) is 6.22. The van der Waals surface area contributed by atoms with E-state index < -0.39 is 5.91 Å². The Morgan fingerprint density at radius 3 is 2.78 bits per heavy atom. The highest BCUT2D eigenvalue weighted by atomic mass is 16.1. The molecule has 0 radical (unpaired) electrons. The van der Waals surface area contributed by atoms with Gasteiger partial charge >= 0.3 is 0 Å². The summed E-state index contributed by atoms with van der Waals surface area (Å²) < 4.78 is 0. The van der Waals surface area contributed by atoms with Gasteiger partial charge < -0.3 is 16.4 Å². The Bertz CT molecular complexity index is 419. The maximum absolute atomic E-state index is 10.9.